The Bertz CT molecular complexity index is 423. The maximum absolute atomic E-state index is 2.57. The Hall–Kier alpha value is -0.260. The molecule has 94 valence electrons. The third kappa shape index (κ3) is 0.731. The first-order valence-electron chi connectivity index (χ1n) is 7.66. The largest absolute Gasteiger partial charge is 0.0775 e. The maximum Gasteiger partial charge on any atom is -0.0130 e. The molecule has 0 saturated heterocycles. The number of hydrogen-bond acceptors (Lipinski definition) is 0. The van der Waals surface area contributed by atoms with E-state index >= 15 is 0 Å². The van der Waals surface area contributed by atoms with Gasteiger partial charge in [-0.25, -0.2) is 0 Å². The van der Waals surface area contributed by atoms with Gasteiger partial charge in [0, 0.05) is 0 Å². The lowest BCUT2D eigenvalue weighted by Crippen LogP contribution is -2.47. The molecule has 0 aromatic rings. The summed E-state index contributed by atoms with van der Waals surface area (Å²) in [5.74, 6) is 5.61. The van der Waals surface area contributed by atoms with Crippen molar-refractivity contribution in [3.8, 4) is 0 Å². The van der Waals surface area contributed by atoms with Crippen LogP contribution in [0.4, 0.5) is 0 Å². The van der Waals surface area contributed by atoms with Crippen molar-refractivity contribution in [3.05, 3.63) is 11.1 Å². The predicted octanol–water partition coefficient (Wildman–Crippen LogP) is 4.66. The minimum atomic E-state index is 0.794. The summed E-state index contributed by atoms with van der Waals surface area (Å²) in [6.07, 6.45) is 4.47. The molecule has 0 amide bonds. The number of fused-ring (bicyclic) bond motifs is 1. The summed E-state index contributed by atoms with van der Waals surface area (Å²) < 4.78 is 0. The van der Waals surface area contributed by atoms with Crippen LogP contribution in [0.2, 0.25) is 0 Å². The van der Waals surface area contributed by atoms with Gasteiger partial charge in [-0.3, -0.25) is 0 Å². The normalized spacial score (nSPS) is 60.2. The van der Waals surface area contributed by atoms with Crippen LogP contribution in [-0.4, -0.2) is 0 Å². The first-order valence-corrected chi connectivity index (χ1v) is 7.66. The Balaban J connectivity index is 1.68. The van der Waals surface area contributed by atoms with Crippen LogP contribution in [0.25, 0.3) is 0 Å². The minimum absolute atomic E-state index is 0.794. The summed E-state index contributed by atoms with van der Waals surface area (Å²) in [5, 5.41) is 0. The molecule has 0 radical (unpaired) electrons. The van der Waals surface area contributed by atoms with Crippen LogP contribution in [0.3, 0.4) is 0 Å². The Morgan fingerprint density at radius 3 is 2.47 bits per heavy atom. The number of rotatable bonds is 3. The Morgan fingerprint density at radius 1 is 1.24 bits per heavy atom. The molecular formula is C17H26. The van der Waals surface area contributed by atoms with Crippen molar-refractivity contribution in [3.63, 3.8) is 0 Å². The molecule has 5 fully saturated rings. The lowest BCUT2D eigenvalue weighted by Gasteiger charge is -2.51. The Kier molecular flexibility index (Phi) is 1.68. The van der Waals surface area contributed by atoms with Gasteiger partial charge < -0.3 is 0 Å². The molecule has 0 nitrogen and oxygen atoms in total. The highest BCUT2D eigenvalue weighted by Gasteiger charge is 3.02. The summed E-state index contributed by atoms with van der Waals surface area (Å²) in [6.45, 7) is 12.0. The van der Waals surface area contributed by atoms with Crippen molar-refractivity contribution in [2.45, 2.75) is 53.9 Å². The van der Waals surface area contributed by atoms with E-state index in [-0.39, 0.29) is 0 Å². The standard InChI is InChI=1S/C17H26/c1-6-12-7-13-14-11(5)16(8-10(4)9(2)3)15(13)17(12,14)16/h11-15H,6-8H2,1-5H3. The van der Waals surface area contributed by atoms with Crippen LogP contribution >= 0.6 is 0 Å². The lowest BCUT2D eigenvalue weighted by molar-refractivity contribution is -0.0401. The zero-order valence-electron chi connectivity index (χ0n) is 12.0. The van der Waals surface area contributed by atoms with Crippen LogP contribution in [0.1, 0.15) is 53.9 Å². The van der Waals surface area contributed by atoms with Crippen molar-refractivity contribution in [1.29, 1.82) is 0 Å². The van der Waals surface area contributed by atoms with Gasteiger partial charge in [0.1, 0.15) is 0 Å². The van der Waals surface area contributed by atoms with E-state index in [1.165, 1.54) is 12.8 Å². The minimum Gasteiger partial charge on any atom is -0.0775 e. The molecule has 0 aromatic carbocycles. The van der Waals surface area contributed by atoms with Gasteiger partial charge in [-0.1, -0.05) is 31.4 Å². The van der Waals surface area contributed by atoms with Crippen molar-refractivity contribution >= 4 is 0 Å². The second-order valence-electron chi connectivity index (χ2n) is 7.73. The SMILES string of the molecule is CCC1CC2C3C(C)C4(CC(C)=C(C)C)C2C134. The fraction of sp³-hybridized carbons (Fsp3) is 0.882. The molecule has 17 heavy (non-hydrogen) atoms. The molecule has 7 unspecified atom stereocenters. The molecule has 7 atom stereocenters. The molecule has 0 heterocycles. The van der Waals surface area contributed by atoms with E-state index in [1.807, 2.05) is 0 Å². The molecular weight excluding hydrogens is 204 g/mol. The van der Waals surface area contributed by atoms with Crippen LogP contribution in [0.15, 0.2) is 11.1 Å². The highest BCUT2D eigenvalue weighted by molar-refractivity contribution is 5.50. The number of allylic oxidation sites excluding steroid dienone is 2. The van der Waals surface area contributed by atoms with Crippen LogP contribution in [-0.2, 0) is 0 Å². The summed E-state index contributed by atoms with van der Waals surface area (Å²) in [5.41, 5.74) is 4.94. The second-order valence-corrected chi connectivity index (χ2v) is 7.73. The summed E-state index contributed by atoms with van der Waals surface area (Å²) >= 11 is 0. The van der Waals surface area contributed by atoms with E-state index in [0.717, 1.165) is 40.4 Å². The van der Waals surface area contributed by atoms with Gasteiger partial charge in [-0.2, -0.15) is 0 Å². The fourth-order valence-corrected chi connectivity index (χ4v) is 7.28. The summed E-state index contributed by atoms with van der Waals surface area (Å²) in [6, 6.07) is 0. The van der Waals surface area contributed by atoms with Crippen molar-refractivity contribution in [2.24, 2.45) is 40.4 Å². The third-order valence-corrected chi connectivity index (χ3v) is 7.72. The average molecular weight is 230 g/mol. The van der Waals surface area contributed by atoms with Crippen LogP contribution < -0.4 is 0 Å². The van der Waals surface area contributed by atoms with E-state index in [1.54, 1.807) is 17.6 Å². The monoisotopic (exact) mass is 230 g/mol. The molecule has 0 aromatic heterocycles. The van der Waals surface area contributed by atoms with Crippen LogP contribution in [0, 0.1) is 40.4 Å². The van der Waals surface area contributed by atoms with Crippen molar-refractivity contribution < 1.29 is 0 Å². The van der Waals surface area contributed by atoms with Gasteiger partial charge in [0.15, 0.2) is 0 Å². The van der Waals surface area contributed by atoms with Gasteiger partial charge in [0.25, 0.3) is 0 Å². The topological polar surface area (TPSA) is 0 Å². The fourth-order valence-electron chi connectivity index (χ4n) is 7.28. The smallest absolute Gasteiger partial charge is 0.0130 e. The maximum atomic E-state index is 2.57. The highest BCUT2D eigenvalue weighted by Crippen LogP contribution is 3.06. The van der Waals surface area contributed by atoms with Gasteiger partial charge >= 0.3 is 0 Å². The van der Waals surface area contributed by atoms with E-state index in [2.05, 4.69) is 34.6 Å². The van der Waals surface area contributed by atoms with E-state index in [9.17, 15) is 0 Å². The van der Waals surface area contributed by atoms with E-state index in [0.29, 0.717) is 0 Å². The quantitative estimate of drug-likeness (QED) is 0.618. The van der Waals surface area contributed by atoms with Gasteiger partial charge in [0.05, 0.1) is 0 Å². The molecule has 2 bridgehead atoms. The van der Waals surface area contributed by atoms with E-state index in [4.69, 9.17) is 0 Å². The molecule has 0 heteroatoms. The Morgan fingerprint density at radius 2 is 1.94 bits per heavy atom. The summed E-state index contributed by atoms with van der Waals surface area (Å²) in [4.78, 5) is 0. The van der Waals surface area contributed by atoms with Gasteiger partial charge in [-0.05, 0) is 74.0 Å². The first-order chi connectivity index (χ1) is 8.03. The molecule has 0 aliphatic heterocycles. The second kappa shape index (κ2) is 2.68. The molecule has 0 N–H and O–H groups in total. The zero-order valence-corrected chi connectivity index (χ0v) is 12.0. The zero-order chi connectivity index (χ0) is 12.2. The predicted molar refractivity (Wildman–Crippen MR) is 71.6 cm³/mol. The van der Waals surface area contributed by atoms with Gasteiger partial charge in [-0.15, -0.1) is 0 Å². The molecule has 1 spiro atoms. The van der Waals surface area contributed by atoms with Crippen molar-refractivity contribution in [2.75, 3.05) is 0 Å². The highest BCUT2D eigenvalue weighted by atomic mass is 15.1. The van der Waals surface area contributed by atoms with Gasteiger partial charge in [0.2, 0.25) is 0 Å². The Labute approximate surface area is 106 Å². The molecule has 5 rings (SSSR count). The van der Waals surface area contributed by atoms with Crippen molar-refractivity contribution in [1.82, 2.24) is 0 Å². The lowest BCUT2D eigenvalue weighted by atomic mass is 9.52. The third-order valence-electron chi connectivity index (χ3n) is 7.72. The summed E-state index contributed by atoms with van der Waals surface area (Å²) in [7, 11) is 0. The first kappa shape index (κ1) is 10.6. The number of hydrogen-bond donors (Lipinski definition) is 0. The van der Waals surface area contributed by atoms with Crippen LogP contribution in [0.5, 0.6) is 0 Å². The molecule has 5 aliphatic rings. The average Bonchev–Trinajstić information content (AvgIpc) is 2.68. The van der Waals surface area contributed by atoms with E-state index < -0.39 is 0 Å². The molecule has 5 aliphatic carbocycles. The molecule has 5 saturated carbocycles.